The molecule has 2 nitrogen and oxygen atoms in total. The Morgan fingerprint density at radius 1 is 1.31 bits per heavy atom. The average molecular weight is 179 g/mol. The van der Waals surface area contributed by atoms with Crippen LogP contribution in [-0.4, -0.2) is 11.7 Å². The zero-order chi connectivity index (χ0) is 9.90. The Labute approximate surface area is 79.4 Å². The van der Waals surface area contributed by atoms with E-state index >= 15 is 0 Å². The van der Waals surface area contributed by atoms with Gasteiger partial charge in [0.05, 0.1) is 0 Å². The molecule has 0 aliphatic rings. The summed E-state index contributed by atoms with van der Waals surface area (Å²) >= 11 is 0. The van der Waals surface area contributed by atoms with Crippen LogP contribution in [0.25, 0.3) is 0 Å². The lowest BCUT2D eigenvalue weighted by Crippen LogP contribution is -2.33. The average Bonchev–Trinajstić information content (AvgIpc) is 2.18. The standard InChI is InChI=1S/C11H17NO/c1-3-11(13,8-12)10-6-4-9(2)5-7-10/h4-7,13H,3,8,12H2,1-2H3. The second kappa shape index (κ2) is 3.90. The molecule has 2 heteroatoms. The third-order valence-electron chi connectivity index (χ3n) is 2.51. The highest BCUT2D eigenvalue weighted by atomic mass is 16.3. The van der Waals surface area contributed by atoms with Crippen LogP contribution in [0.15, 0.2) is 24.3 Å². The van der Waals surface area contributed by atoms with E-state index < -0.39 is 5.60 Å². The number of hydrogen-bond donors (Lipinski definition) is 2. The molecule has 0 aromatic heterocycles. The van der Waals surface area contributed by atoms with Crippen LogP contribution in [0.2, 0.25) is 0 Å². The van der Waals surface area contributed by atoms with Crippen LogP contribution >= 0.6 is 0 Å². The number of hydrogen-bond acceptors (Lipinski definition) is 2. The molecule has 1 unspecified atom stereocenters. The molecule has 1 rings (SSSR count). The summed E-state index contributed by atoms with van der Waals surface area (Å²) in [5.74, 6) is 0. The number of rotatable bonds is 3. The SMILES string of the molecule is CCC(O)(CN)c1ccc(C)cc1. The van der Waals surface area contributed by atoms with Gasteiger partial charge in [-0.2, -0.15) is 0 Å². The van der Waals surface area contributed by atoms with Crippen LogP contribution in [-0.2, 0) is 5.60 Å². The molecule has 0 spiro atoms. The highest BCUT2D eigenvalue weighted by Gasteiger charge is 2.24. The molecule has 72 valence electrons. The Hall–Kier alpha value is -0.860. The van der Waals surface area contributed by atoms with Crippen LogP contribution in [0, 0.1) is 6.92 Å². The van der Waals surface area contributed by atoms with Crippen molar-refractivity contribution in [2.45, 2.75) is 25.9 Å². The van der Waals surface area contributed by atoms with Crippen molar-refractivity contribution in [1.29, 1.82) is 0 Å². The summed E-state index contributed by atoms with van der Waals surface area (Å²) in [4.78, 5) is 0. The number of aryl methyl sites for hydroxylation is 1. The van der Waals surface area contributed by atoms with Gasteiger partial charge in [-0.05, 0) is 18.9 Å². The Morgan fingerprint density at radius 2 is 1.85 bits per heavy atom. The first kappa shape index (κ1) is 10.2. The Morgan fingerprint density at radius 3 is 2.23 bits per heavy atom. The van der Waals surface area contributed by atoms with E-state index in [0.29, 0.717) is 6.42 Å². The molecule has 3 N–H and O–H groups in total. The Bertz CT molecular complexity index is 262. The topological polar surface area (TPSA) is 46.2 Å². The molecule has 0 saturated heterocycles. The second-order valence-corrected chi connectivity index (χ2v) is 3.46. The van der Waals surface area contributed by atoms with Gasteiger partial charge in [-0.3, -0.25) is 0 Å². The summed E-state index contributed by atoms with van der Waals surface area (Å²) in [6, 6.07) is 7.86. The summed E-state index contributed by atoms with van der Waals surface area (Å²) in [6.45, 7) is 4.23. The van der Waals surface area contributed by atoms with Crippen LogP contribution in [0.4, 0.5) is 0 Å². The first-order valence-electron chi connectivity index (χ1n) is 4.62. The van der Waals surface area contributed by atoms with Gasteiger partial charge in [-0.1, -0.05) is 36.8 Å². The van der Waals surface area contributed by atoms with Gasteiger partial charge < -0.3 is 10.8 Å². The predicted octanol–water partition coefficient (Wildman–Crippen LogP) is 1.55. The maximum Gasteiger partial charge on any atom is 0.102 e. The molecule has 0 radical (unpaired) electrons. The van der Waals surface area contributed by atoms with Crippen molar-refractivity contribution in [2.24, 2.45) is 5.73 Å². The molecular formula is C11H17NO. The van der Waals surface area contributed by atoms with Crippen molar-refractivity contribution in [3.8, 4) is 0 Å². The van der Waals surface area contributed by atoms with E-state index in [-0.39, 0.29) is 6.54 Å². The van der Waals surface area contributed by atoms with E-state index in [2.05, 4.69) is 0 Å². The van der Waals surface area contributed by atoms with E-state index in [1.54, 1.807) is 0 Å². The highest BCUT2D eigenvalue weighted by Crippen LogP contribution is 2.23. The van der Waals surface area contributed by atoms with Crippen molar-refractivity contribution < 1.29 is 5.11 Å². The van der Waals surface area contributed by atoms with E-state index in [4.69, 9.17) is 5.73 Å². The smallest absolute Gasteiger partial charge is 0.102 e. The normalized spacial score (nSPS) is 15.4. The Kier molecular flexibility index (Phi) is 3.07. The third-order valence-corrected chi connectivity index (χ3v) is 2.51. The van der Waals surface area contributed by atoms with Gasteiger partial charge in [0.1, 0.15) is 5.60 Å². The van der Waals surface area contributed by atoms with E-state index in [0.717, 1.165) is 5.56 Å². The molecule has 0 fully saturated rings. The number of aliphatic hydroxyl groups is 1. The third kappa shape index (κ3) is 2.08. The summed E-state index contributed by atoms with van der Waals surface area (Å²) in [7, 11) is 0. The highest BCUT2D eigenvalue weighted by molar-refractivity contribution is 5.26. The molecule has 0 bridgehead atoms. The van der Waals surface area contributed by atoms with Gasteiger partial charge in [0, 0.05) is 6.54 Å². The van der Waals surface area contributed by atoms with E-state index in [1.165, 1.54) is 5.56 Å². The molecule has 0 amide bonds. The summed E-state index contributed by atoms with van der Waals surface area (Å²) in [5.41, 5.74) is 6.78. The van der Waals surface area contributed by atoms with Gasteiger partial charge >= 0.3 is 0 Å². The van der Waals surface area contributed by atoms with Gasteiger partial charge in [-0.15, -0.1) is 0 Å². The van der Waals surface area contributed by atoms with Crippen LogP contribution < -0.4 is 5.73 Å². The van der Waals surface area contributed by atoms with Crippen LogP contribution in [0.1, 0.15) is 24.5 Å². The minimum atomic E-state index is -0.853. The second-order valence-electron chi connectivity index (χ2n) is 3.46. The minimum Gasteiger partial charge on any atom is -0.384 e. The molecule has 0 heterocycles. The molecule has 0 aliphatic heterocycles. The lowest BCUT2D eigenvalue weighted by molar-refractivity contribution is 0.0418. The summed E-state index contributed by atoms with van der Waals surface area (Å²) in [5, 5.41) is 10.1. The Balaban J connectivity index is 2.99. The quantitative estimate of drug-likeness (QED) is 0.739. The van der Waals surface area contributed by atoms with Crippen molar-refractivity contribution >= 4 is 0 Å². The van der Waals surface area contributed by atoms with Crippen molar-refractivity contribution in [2.75, 3.05) is 6.54 Å². The number of nitrogens with two attached hydrogens (primary N) is 1. The lowest BCUT2D eigenvalue weighted by Gasteiger charge is -2.25. The zero-order valence-electron chi connectivity index (χ0n) is 8.25. The fourth-order valence-corrected chi connectivity index (χ4v) is 1.33. The fourth-order valence-electron chi connectivity index (χ4n) is 1.33. The van der Waals surface area contributed by atoms with Crippen LogP contribution in [0.3, 0.4) is 0 Å². The molecule has 1 aromatic carbocycles. The molecule has 1 atom stereocenters. The maximum absolute atomic E-state index is 10.1. The molecule has 1 aromatic rings. The largest absolute Gasteiger partial charge is 0.384 e. The van der Waals surface area contributed by atoms with Crippen molar-refractivity contribution in [1.82, 2.24) is 0 Å². The van der Waals surface area contributed by atoms with Gasteiger partial charge in [0.2, 0.25) is 0 Å². The molecule has 0 aliphatic carbocycles. The summed E-state index contributed by atoms with van der Waals surface area (Å²) < 4.78 is 0. The van der Waals surface area contributed by atoms with Crippen molar-refractivity contribution in [3.05, 3.63) is 35.4 Å². The predicted molar refractivity (Wildman–Crippen MR) is 54.4 cm³/mol. The first-order chi connectivity index (χ1) is 6.12. The van der Waals surface area contributed by atoms with Crippen molar-refractivity contribution in [3.63, 3.8) is 0 Å². The van der Waals surface area contributed by atoms with Gasteiger partial charge in [0.15, 0.2) is 0 Å². The zero-order valence-corrected chi connectivity index (χ0v) is 8.25. The lowest BCUT2D eigenvalue weighted by atomic mass is 9.91. The van der Waals surface area contributed by atoms with E-state index in [9.17, 15) is 5.11 Å². The first-order valence-corrected chi connectivity index (χ1v) is 4.62. The monoisotopic (exact) mass is 179 g/mol. The maximum atomic E-state index is 10.1. The molecule has 0 saturated carbocycles. The van der Waals surface area contributed by atoms with Gasteiger partial charge in [0.25, 0.3) is 0 Å². The fraction of sp³-hybridized carbons (Fsp3) is 0.455. The van der Waals surface area contributed by atoms with E-state index in [1.807, 2.05) is 38.1 Å². The molecular weight excluding hydrogens is 162 g/mol. The summed E-state index contributed by atoms with van der Waals surface area (Å²) in [6.07, 6.45) is 0.645. The minimum absolute atomic E-state index is 0.270. The van der Waals surface area contributed by atoms with Crippen LogP contribution in [0.5, 0.6) is 0 Å². The number of benzene rings is 1. The molecule has 13 heavy (non-hydrogen) atoms. The van der Waals surface area contributed by atoms with Gasteiger partial charge in [-0.25, -0.2) is 0 Å².